The Kier molecular flexibility index (Phi) is 5.34. The molecule has 4 aromatic rings. The Morgan fingerprint density at radius 1 is 1.21 bits per heavy atom. The lowest BCUT2D eigenvalue weighted by atomic mass is 9.72. The van der Waals surface area contributed by atoms with Crippen LogP contribution >= 0.6 is 11.8 Å². The number of aromatic nitrogens is 3. The van der Waals surface area contributed by atoms with E-state index in [0.29, 0.717) is 57.6 Å². The van der Waals surface area contributed by atoms with E-state index in [-0.39, 0.29) is 29.6 Å². The average Bonchev–Trinajstić information content (AvgIpc) is 3.65. The minimum absolute atomic E-state index is 0.0793. The minimum atomic E-state index is -3.71. The van der Waals surface area contributed by atoms with Gasteiger partial charge in [0, 0.05) is 36.0 Å². The quantitative estimate of drug-likeness (QED) is 0.300. The summed E-state index contributed by atoms with van der Waals surface area (Å²) in [4.78, 5) is 40.8. The van der Waals surface area contributed by atoms with Gasteiger partial charge in [-0.05, 0) is 43.7 Å². The average molecular weight is 555 g/mol. The van der Waals surface area contributed by atoms with Crippen LogP contribution in [0.15, 0.2) is 50.1 Å². The third-order valence-electron chi connectivity index (χ3n) is 6.94. The summed E-state index contributed by atoms with van der Waals surface area (Å²) in [5.74, 6) is -0.970. The molecule has 13 heteroatoms. The Labute approximate surface area is 223 Å². The number of rotatable bonds is 5. The predicted molar refractivity (Wildman–Crippen MR) is 133 cm³/mol. The molecule has 5 heterocycles. The Morgan fingerprint density at radius 2 is 2.03 bits per heavy atom. The van der Waals surface area contributed by atoms with E-state index >= 15 is 0 Å². The largest absolute Gasteiger partial charge is 0.586 e. The second kappa shape index (κ2) is 8.70. The monoisotopic (exact) mass is 554 g/mol. The zero-order chi connectivity index (χ0) is 26.9. The minimum Gasteiger partial charge on any atom is -0.461 e. The number of carbonyl (C=O) groups excluding carboxylic acids is 2. The molecule has 1 fully saturated rings. The van der Waals surface area contributed by atoms with E-state index in [1.165, 1.54) is 23.9 Å². The molecule has 1 aliphatic carbocycles. The highest BCUT2D eigenvalue weighted by atomic mass is 32.2. The van der Waals surface area contributed by atoms with Crippen molar-refractivity contribution in [3.63, 3.8) is 0 Å². The zero-order valence-electron chi connectivity index (χ0n) is 20.4. The van der Waals surface area contributed by atoms with Crippen LogP contribution in [0.2, 0.25) is 0 Å². The second-order valence-electron chi connectivity index (χ2n) is 9.35. The third kappa shape index (κ3) is 3.99. The number of H-pyrrole nitrogens is 2. The molecule has 0 amide bonds. The predicted octanol–water partition coefficient (Wildman–Crippen LogP) is 5.72. The van der Waals surface area contributed by atoms with Crippen molar-refractivity contribution < 1.29 is 37.0 Å². The molecule has 0 radical (unpaired) electrons. The van der Waals surface area contributed by atoms with Gasteiger partial charge in [0.15, 0.2) is 27.4 Å². The number of carbonyl (C=O) groups is 2. The van der Waals surface area contributed by atoms with E-state index in [9.17, 15) is 18.4 Å². The number of nitrogens with zero attached hydrogens (tertiary/aromatic N) is 2. The maximum absolute atomic E-state index is 13.4. The lowest BCUT2D eigenvalue weighted by molar-refractivity contribution is -0.286. The van der Waals surface area contributed by atoms with Crippen LogP contribution < -0.4 is 9.47 Å². The highest BCUT2D eigenvalue weighted by Crippen LogP contribution is 2.48. The van der Waals surface area contributed by atoms with E-state index < -0.39 is 24.1 Å². The SMILES string of the molecule is CCOC(=O)c1[nH]cc2c1N=C1CCCC(=O)C1C2c1ccc(Sc2nc3cc4c(cc3[nH]2)OC(F)(F)O4)o1. The number of alkyl halides is 2. The molecule has 2 aliphatic heterocycles. The molecular formula is C26H20F2N4O6S. The highest BCUT2D eigenvalue weighted by molar-refractivity contribution is 7.99. The van der Waals surface area contributed by atoms with Crippen molar-refractivity contribution in [2.24, 2.45) is 10.9 Å². The number of fused-ring (bicyclic) bond motifs is 4. The summed E-state index contributed by atoms with van der Waals surface area (Å²) in [6, 6.07) is 6.37. The molecule has 2 atom stereocenters. The van der Waals surface area contributed by atoms with Gasteiger partial charge in [-0.1, -0.05) is 0 Å². The first-order valence-corrected chi connectivity index (χ1v) is 13.2. The number of esters is 1. The number of nitrogens with one attached hydrogen (secondary N) is 2. The summed E-state index contributed by atoms with van der Waals surface area (Å²) in [7, 11) is 0. The van der Waals surface area contributed by atoms with Gasteiger partial charge in [-0.25, -0.2) is 9.78 Å². The molecule has 0 bridgehead atoms. The number of Topliss-reactive ketones (excluding diaryl/α,β-unsaturated/α-hetero) is 1. The molecular weight excluding hydrogens is 534 g/mol. The van der Waals surface area contributed by atoms with Gasteiger partial charge in [0.1, 0.15) is 11.5 Å². The molecule has 3 aromatic heterocycles. The first-order chi connectivity index (χ1) is 18.8. The number of furan rings is 1. The van der Waals surface area contributed by atoms with Crippen molar-refractivity contribution in [2.45, 2.75) is 48.6 Å². The van der Waals surface area contributed by atoms with E-state index in [1.54, 1.807) is 25.3 Å². The van der Waals surface area contributed by atoms with E-state index in [4.69, 9.17) is 14.1 Å². The molecule has 3 aliphatic rings. The van der Waals surface area contributed by atoms with Gasteiger partial charge in [0.25, 0.3) is 0 Å². The molecule has 0 saturated heterocycles. The number of ketones is 1. The Morgan fingerprint density at radius 3 is 2.85 bits per heavy atom. The number of hydrogen-bond donors (Lipinski definition) is 2. The van der Waals surface area contributed by atoms with Crippen molar-refractivity contribution in [1.29, 1.82) is 0 Å². The van der Waals surface area contributed by atoms with Crippen molar-refractivity contribution >= 4 is 45.9 Å². The van der Waals surface area contributed by atoms with Crippen LogP contribution in [0, 0.1) is 5.92 Å². The first kappa shape index (κ1) is 23.9. The van der Waals surface area contributed by atoms with Gasteiger partial charge in [-0.2, -0.15) is 0 Å². The molecule has 0 spiro atoms. The van der Waals surface area contributed by atoms with Crippen LogP contribution in [0.25, 0.3) is 11.0 Å². The van der Waals surface area contributed by atoms with Gasteiger partial charge in [-0.15, -0.1) is 8.78 Å². The van der Waals surface area contributed by atoms with Crippen LogP contribution in [0.5, 0.6) is 11.5 Å². The number of aromatic amines is 2. The number of hydrogen-bond acceptors (Lipinski definition) is 9. The molecule has 10 nitrogen and oxygen atoms in total. The van der Waals surface area contributed by atoms with Crippen LogP contribution in [-0.4, -0.2) is 45.3 Å². The summed E-state index contributed by atoms with van der Waals surface area (Å²) in [6.07, 6.45) is -0.198. The molecule has 2 N–H and O–H groups in total. The Balaban J connectivity index is 1.21. The fraction of sp³-hybridized carbons (Fsp3) is 0.308. The number of benzene rings is 1. The number of halogens is 2. The maximum atomic E-state index is 13.4. The maximum Gasteiger partial charge on any atom is 0.586 e. The van der Waals surface area contributed by atoms with E-state index in [2.05, 4.69) is 24.4 Å². The molecule has 1 saturated carbocycles. The number of ether oxygens (including phenoxy) is 3. The summed E-state index contributed by atoms with van der Waals surface area (Å²) in [6.45, 7) is 1.96. The normalized spacial score (nSPS) is 21.0. The number of imidazole rings is 1. The van der Waals surface area contributed by atoms with Crippen LogP contribution in [-0.2, 0) is 9.53 Å². The van der Waals surface area contributed by atoms with Gasteiger partial charge in [0.2, 0.25) is 0 Å². The number of aliphatic imine (C=N–C) groups is 1. The molecule has 7 rings (SSSR count). The van der Waals surface area contributed by atoms with Gasteiger partial charge >= 0.3 is 12.3 Å². The summed E-state index contributed by atoms with van der Waals surface area (Å²) in [5, 5.41) is 0.971. The molecule has 200 valence electrons. The topological polar surface area (TPSA) is 132 Å². The molecule has 2 unspecified atom stereocenters. The zero-order valence-corrected chi connectivity index (χ0v) is 21.2. The van der Waals surface area contributed by atoms with Crippen LogP contribution in [0.3, 0.4) is 0 Å². The van der Waals surface area contributed by atoms with Crippen molar-refractivity contribution in [1.82, 2.24) is 15.0 Å². The summed E-state index contributed by atoms with van der Waals surface area (Å²) in [5.41, 5.74) is 3.08. The smallest absolute Gasteiger partial charge is 0.461 e. The van der Waals surface area contributed by atoms with Crippen LogP contribution in [0.1, 0.15) is 53.9 Å². The highest BCUT2D eigenvalue weighted by Gasteiger charge is 2.45. The van der Waals surface area contributed by atoms with Crippen molar-refractivity contribution in [2.75, 3.05) is 6.61 Å². The standard InChI is InChI=1S/C26H20F2N4O6S/c1-2-35-24(34)23-22-11(10-29-23)20(21-12(30-22)4-3-5-15(21)33)16-6-7-19(36-16)39-25-31-13-8-17-18(9-14(13)32-25)38-26(27,28)37-17/h6-10,20-21,29H,2-5H2,1H3,(H,31,32). The Bertz CT molecular complexity index is 1640. The molecule has 39 heavy (non-hydrogen) atoms. The van der Waals surface area contributed by atoms with Gasteiger partial charge < -0.3 is 28.6 Å². The third-order valence-corrected chi connectivity index (χ3v) is 7.74. The lowest BCUT2D eigenvalue weighted by Gasteiger charge is -2.32. The van der Waals surface area contributed by atoms with Gasteiger partial charge in [-0.3, -0.25) is 9.79 Å². The Hall–Kier alpha value is -4.13. The summed E-state index contributed by atoms with van der Waals surface area (Å²) >= 11 is 1.20. The second-order valence-corrected chi connectivity index (χ2v) is 10.3. The van der Waals surface area contributed by atoms with Crippen LogP contribution in [0.4, 0.5) is 14.5 Å². The first-order valence-electron chi connectivity index (χ1n) is 12.4. The summed E-state index contributed by atoms with van der Waals surface area (Å²) < 4.78 is 47.2. The van der Waals surface area contributed by atoms with Crippen molar-refractivity contribution in [3.05, 3.63) is 47.5 Å². The van der Waals surface area contributed by atoms with Gasteiger partial charge in [0.05, 0.1) is 35.2 Å². The van der Waals surface area contributed by atoms with E-state index in [0.717, 1.165) is 5.71 Å². The fourth-order valence-corrected chi connectivity index (χ4v) is 6.13. The van der Waals surface area contributed by atoms with Crippen molar-refractivity contribution in [3.8, 4) is 11.5 Å². The van der Waals surface area contributed by atoms with E-state index in [1.807, 2.05) is 0 Å². The lowest BCUT2D eigenvalue weighted by Crippen LogP contribution is -2.36. The fourth-order valence-electron chi connectivity index (χ4n) is 5.36. The molecule has 1 aromatic carbocycles.